The van der Waals surface area contributed by atoms with Crippen molar-refractivity contribution in [1.29, 1.82) is 0 Å². The first-order valence-electron chi connectivity index (χ1n) is 8.77. The van der Waals surface area contributed by atoms with E-state index in [0.717, 1.165) is 10.4 Å². The van der Waals surface area contributed by atoms with Gasteiger partial charge in [0.15, 0.2) is 0 Å². The van der Waals surface area contributed by atoms with E-state index in [2.05, 4.69) is 5.32 Å². The number of anilines is 1. The molecule has 0 aliphatic carbocycles. The van der Waals surface area contributed by atoms with E-state index in [4.69, 9.17) is 4.74 Å². The minimum Gasteiger partial charge on any atom is -0.497 e. The smallest absolute Gasteiger partial charge is 0.273 e. The molecule has 0 fully saturated rings. The van der Waals surface area contributed by atoms with E-state index >= 15 is 0 Å². The van der Waals surface area contributed by atoms with Gasteiger partial charge in [-0.3, -0.25) is 19.2 Å². The summed E-state index contributed by atoms with van der Waals surface area (Å²) in [5, 5.41) is 13.9. The number of carbonyl (C=O) groups excluding carboxylic acids is 1. The maximum atomic E-state index is 13.3. The van der Waals surface area contributed by atoms with Gasteiger partial charge < -0.3 is 10.1 Å². The van der Waals surface area contributed by atoms with Crippen LogP contribution in [0.15, 0.2) is 47.4 Å². The van der Waals surface area contributed by atoms with Crippen molar-refractivity contribution >= 4 is 27.3 Å². The standard InChI is InChI=1S/C19H23N3O6S/c1-13(2)20-19(23)12-21(15-6-8-16(28-4)9-7-15)29(26,27)17-10-5-14(3)18(11-17)22(24)25/h5-11,13H,12H2,1-4H3,(H,20,23). The number of aryl methyl sites for hydroxylation is 1. The van der Waals surface area contributed by atoms with Crippen LogP contribution in [0.25, 0.3) is 0 Å². The molecule has 0 unspecified atom stereocenters. The third-order valence-electron chi connectivity index (χ3n) is 4.06. The van der Waals surface area contributed by atoms with Crippen molar-refractivity contribution in [2.24, 2.45) is 0 Å². The Morgan fingerprint density at radius 2 is 1.83 bits per heavy atom. The number of benzene rings is 2. The second-order valence-corrected chi connectivity index (χ2v) is 8.50. The predicted molar refractivity (Wildman–Crippen MR) is 109 cm³/mol. The minimum atomic E-state index is -4.25. The SMILES string of the molecule is COc1ccc(N(CC(=O)NC(C)C)S(=O)(=O)c2ccc(C)c([N+](=O)[O-])c2)cc1. The van der Waals surface area contributed by atoms with Gasteiger partial charge in [0.2, 0.25) is 5.91 Å². The molecule has 0 aromatic heterocycles. The molecular formula is C19H23N3O6S. The van der Waals surface area contributed by atoms with Gasteiger partial charge in [-0.1, -0.05) is 6.07 Å². The average Bonchev–Trinajstić information content (AvgIpc) is 2.65. The third-order valence-corrected chi connectivity index (χ3v) is 5.83. The number of methoxy groups -OCH3 is 1. The van der Waals surface area contributed by atoms with E-state index < -0.39 is 27.4 Å². The first-order valence-corrected chi connectivity index (χ1v) is 10.2. The van der Waals surface area contributed by atoms with Gasteiger partial charge in [0, 0.05) is 17.7 Å². The van der Waals surface area contributed by atoms with E-state index in [-0.39, 0.29) is 22.3 Å². The number of nitro groups is 1. The van der Waals surface area contributed by atoms with Crippen molar-refractivity contribution in [2.45, 2.75) is 31.7 Å². The lowest BCUT2D eigenvalue weighted by molar-refractivity contribution is -0.385. The summed E-state index contributed by atoms with van der Waals surface area (Å²) >= 11 is 0. The summed E-state index contributed by atoms with van der Waals surface area (Å²) in [6.45, 7) is 4.56. The van der Waals surface area contributed by atoms with Crippen molar-refractivity contribution < 1.29 is 22.9 Å². The summed E-state index contributed by atoms with van der Waals surface area (Å²) in [5.41, 5.74) is 0.253. The summed E-state index contributed by atoms with van der Waals surface area (Å²) in [7, 11) is -2.77. The summed E-state index contributed by atoms with van der Waals surface area (Å²) in [6.07, 6.45) is 0. The molecule has 0 saturated carbocycles. The van der Waals surface area contributed by atoms with Crippen molar-refractivity contribution in [1.82, 2.24) is 5.32 Å². The van der Waals surface area contributed by atoms with E-state index in [1.54, 1.807) is 26.0 Å². The molecular weight excluding hydrogens is 398 g/mol. The molecule has 9 nitrogen and oxygen atoms in total. The monoisotopic (exact) mass is 421 g/mol. The zero-order chi connectivity index (χ0) is 21.8. The van der Waals surface area contributed by atoms with Gasteiger partial charge >= 0.3 is 0 Å². The van der Waals surface area contributed by atoms with Crippen LogP contribution in [0.4, 0.5) is 11.4 Å². The lowest BCUT2D eigenvalue weighted by atomic mass is 10.2. The lowest BCUT2D eigenvalue weighted by Gasteiger charge is -2.24. The number of hydrogen-bond acceptors (Lipinski definition) is 6. The zero-order valence-electron chi connectivity index (χ0n) is 16.6. The highest BCUT2D eigenvalue weighted by Gasteiger charge is 2.29. The number of carbonyl (C=O) groups is 1. The highest BCUT2D eigenvalue weighted by atomic mass is 32.2. The molecule has 0 bridgehead atoms. The molecule has 2 aromatic carbocycles. The van der Waals surface area contributed by atoms with Crippen LogP contribution in [0, 0.1) is 17.0 Å². The van der Waals surface area contributed by atoms with Crippen molar-refractivity contribution in [3.05, 3.63) is 58.1 Å². The maximum Gasteiger partial charge on any atom is 0.273 e. The molecule has 0 heterocycles. The molecule has 1 amide bonds. The third kappa shape index (κ3) is 5.23. The van der Waals surface area contributed by atoms with E-state index in [1.807, 2.05) is 0 Å². The van der Waals surface area contributed by atoms with Crippen LogP contribution in [0.2, 0.25) is 0 Å². The molecule has 2 rings (SSSR count). The summed E-state index contributed by atoms with van der Waals surface area (Å²) in [4.78, 5) is 22.6. The Hall–Kier alpha value is -3.14. The van der Waals surface area contributed by atoms with Crippen LogP contribution in [-0.4, -0.2) is 38.9 Å². The van der Waals surface area contributed by atoms with Crippen molar-refractivity contribution in [2.75, 3.05) is 18.0 Å². The van der Waals surface area contributed by atoms with Gasteiger partial charge in [-0.15, -0.1) is 0 Å². The molecule has 156 valence electrons. The molecule has 0 radical (unpaired) electrons. The zero-order valence-corrected chi connectivity index (χ0v) is 17.4. The van der Waals surface area contributed by atoms with Gasteiger partial charge in [0.1, 0.15) is 12.3 Å². The second kappa shape index (κ2) is 8.91. The number of amides is 1. The number of ether oxygens (including phenoxy) is 1. The van der Waals surface area contributed by atoms with Gasteiger partial charge in [-0.05, 0) is 51.1 Å². The fraction of sp³-hybridized carbons (Fsp3) is 0.316. The Balaban J connectivity index is 2.54. The van der Waals surface area contributed by atoms with E-state index in [0.29, 0.717) is 11.3 Å². The normalized spacial score (nSPS) is 11.2. The number of sulfonamides is 1. The maximum absolute atomic E-state index is 13.3. The molecule has 29 heavy (non-hydrogen) atoms. The quantitative estimate of drug-likeness (QED) is 0.517. The van der Waals surface area contributed by atoms with Gasteiger partial charge in [-0.2, -0.15) is 0 Å². The Bertz CT molecular complexity index is 1000. The van der Waals surface area contributed by atoms with E-state index in [9.17, 15) is 23.3 Å². The number of nitrogens with zero attached hydrogens (tertiary/aromatic N) is 2. The second-order valence-electron chi connectivity index (χ2n) is 6.64. The van der Waals surface area contributed by atoms with Gasteiger partial charge in [-0.25, -0.2) is 8.42 Å². The topological polar surface area (TPSA) is 119 Å². The molecule has 10 heteroatoms. The molecule has 0 atom stereocenters. The van der Waals surface area contributed by atoms with Gasteiger partial charge in [0.05, 0.1) is 22.6 Å². The average molecular weight is 421 g/mol. The van der Waals surface area contributed by atoms with Crippen LogP contribution in [0.1, 0.15) is 19.4 Å². The van der Waals surface area contributed by atoms with Crippen LogP contribution in [0.5, 0.6) is 5.75 Å². The molecule has 0 aliphatic heterocycles. The number of hydrogen-bond donors (Lipinski definition) is 1. The fourth-order valence-corrected chi connectivity index (χ4v) is 4.08. The van der Waals surface area contributed by atoms with Crippen LogP contribution >= 0.6 is 0 Å². The Morgan fingerprint density at radius 3 is 2.34 bits per heavy atom. The molecule has 0 saturated heterocycles. The molecule has 0 spiro atoms. The Labute approximate surface area is 169 Å². The molecule has 1 N–H and O–H groups in total. The summed E-state index contributed by atoms with van der Waals surface area (Å²) in [6, 6.07) is 9.61. The molecule has 0 aliphatic rings. The fourth-order valence-electron chi connectivity index (χ4n) is 2.64. The molecule has 2 aromatic rings. The Morgan fingerprint density at radius 1 is 1.21 bits per heavy atom. The van der Waals surface area contributed by atoms with Crippen molar-refractivity contribution in [3.63, 3.8) is 0 Å². The first kappa shape index (κ1) is 22.2. The minimum absolute atomic E-state index is 0.177. The highest BCUT2D eigenvalue weighted by molar-refractivity contribution is 7.92. The number of nitro benzene ring substituents is 1. The van der Waals surface area contributed by atoms with Crippen molar-refractivity contribution in [3.8, 4) is 5.75 Å². The summed E-state index contributed by atoms with van der Waals surface area (Å²) < 4.78 is 32.6. The first-order chi connectivity index (χ1) is 13.6. The largest absolute Gasteiger partial charge is 0.497 e. The highest BCUT2D eigenvalue weighted by Crippen LogP contribution is 2.28. The van der Waals surface area contributed by atoms with Crippen LogP contribution in [-0.2, 0) is 14.8 Å². The van der Waals surface area contributed by atoms with E-state index in [1.165, 1.54) is 38.3 Å². The van der Waals surface area contributed by atoms with Crippen LogP contribution < -0.4 is 14.4 Å². The predicted octanol–water partition coefficient (Wildman–Crippen LogP) is 2.63. The summed E-state index contributed by atoms with van der Waals surface area (Å²) in [5.74, 6) is 0.0182. The number of nitrogens with one attached hydrogen (secondary N) is 1. The lowest BCUT2D eigenvalue weighted by Crippen LogP contribution is -2.42. The Kier molecular flexibility index (Phi) is 6.80. The van der Waals surface area contributed by atoms with Crippen LogP contribution in [0.3, 0.4) is 0 Å². The van der Waals surface area contributed by atoms with Gasteiger partial charge in [0.25, 0.3) is 15.7 Å². The number of rotatable bonds is 8.